The first kappa shape index (κ1) is 18.1. The summed E-state index contributed by atoms with van der Waals surface area (Å²) in [5, 5.41) is 15.2. The van der Waals surface area contributed by atoms with Gasteiger partial charge in [-0.3, -0.25) is 10.4 Å². The Kier molecular flexibility index (Phi) is 4.72. The van der Waals surface area contributed by atoms with Crippen molar-refractivity contribution in [2.45, 2.75) is 31.0 Å². The molecule has 0 radical (unpaired) electrons. The van der Waals surface area contributed by atoms with Gasteiger partial charge in [-0.1, -0.05) is 42.0 Å². The van der Waals surface area contributed by atoms with E-state index in [1.165, 1.54) is 5.57 Å². The third-order valence-corrected chi connectivity index (χ3v) is 5.69. The minimum absolute atomic E-state index is 0.0936. The van der Waals surface area contributed by atoms with Gasteiger partial charge in [0.1, 0.15) is 11.5 Å². The van der Waals surface area contributed by atoms with Crippen LogP contribution in [0.5, 0.6) is 0 Å². The Balaban J connectivity index is 1.71. The third kappa shape index (κ3) is 3.25. The number of hydrogen-bond donors (Lipinski definition) is 4. The second-order valence-corrected chi connectivity index (χ2v) is 7.55. The summed E-state index contributed by atoms with van der Waals surface area (Å²) in [7, 11) is 1.74. The van der Waals surface area contributed by atoms with Crippen LogP contribution in [0.4, 0.5) is 11.5 Å². The van der Waals surface area contributed by atoms with Gasteiger partial charge in [-0.2, -0.15) is 5.10 Å². The Bertz CT molecular complexity index is 906. The molecule has 27 heavy (non-hydrogen) atoms. The number of aromatic nitrogens is 2. The molecule has 1 aromatic heterocycles. The van der Waals surface area contributed by atoms with Crippen LogP contribution in [0, 0.1) is 0 Å². The predicted octanol–water partition coefficient (Wildman–Crippen LogP) is 3.52. The van der Waals surface area contributed by atoms with Crippen molar-refractivity contribution in [3.05, 3.63) is 64.3 Å². The number of halogens is 1. The van der Waals surface area contributed by atoms with E-state index in [1.807, 2.05) is 24.3 Å². The van der Waals surface area contributed by atoms with E-state index < -0.39 is 5.66 Å². The zero-order valence-electron chi connectivity index (χ0n) is 15.4. The van der Waals surface area contributed by atoms with Gasteiger partial charge in [0, 0.05) is 25.1 Å². The zero-order valence-corrected chi connectivity index (χ0v) is 16.2. The number of methoxy groups -OCH3 is 1. The standard InChI is InChI=1S/C20H24ClN5O/c1-20(24-16-9-4-3-8-15(16)21)18-17(19(22)26-25-18)14(11-23-20)12-6-5-7-13(10-12)27-2/h3-6,8-10,13-14,23-24H,7,11H2,1-2H3,(H3,22,25,26). The molecule has 142 valence electrons. The first-order valence-corrected chi connectivity index (χ1v) is 9.42. The first-order chi connectivity index (χ1) is 13.0. The molecule has 2 aromatic rings. The smallest absolute Gasteiger partial charge is 0.149 e. The van der Waals surface area contributed by atoms with Gasteiger partial charge in [0.2, 0.25) is 0 Å². The quantitative estimate of drug-likeness (QED) is 0.646. The molecule has 6 nitrogen and oxygen atoms in total. The first-order valence-electron chi connectivity index (χ1n) is 9.05. The Morgan fingerprint density at radius 3 is 2.96 bits per heavy atom. The maximum atomic E-state index is 6.35. The van der Waals surface area contributed by atoms with Crippen LogP contribution in [0.3, 0.4) is 0 Å². The number of ether oxygens (including phenoxy) is 1. The molecule has 7 heteroatoms. The summed E-state index contributed by atoms with van der Waals surface area (Å²) in [4.78, 5) is 0. The Hall–Kier alpha value is -2.28. The maximum absolute atomic E-state index is 6.35. The normalized spacial score (nSPS) is 27.1. The fourth-order valence-electron chi connectivity index (χ4n) is 3.89. The number of benzene rings is 1. The van der Waals surface area contributed by atoms with E-state index in [9.17, 15) is 0 Å². The number of rotatable bonds is 4. The van der Waals surface area contributed by atoms with Crippen molar-refractivity contribution in [1.82, 2.24) is 15.5 Å². The second-order valence-electron chi connectivity index (χ2n) is 7.14. The summed E-state index contributed by atoms with van der Waals surface area (Å²) in [5.41, 5.74) is 9.67. The van der Waals surface area contributed by atoms with E-state index >= 15 is 0 Å². The number of nitrogens with one attached hydrogen (secondary N) is 3. The van der Waals surface area contributed by atoms with Crippen LogP contribution in [0.25, 0.3) is 0 Å². The Labute approximate surface area is 163 Å². The van der Waals surface area contributed by atoms with E-state index in [0.29, 0.717) is 10.8 Å². The summed E-state index contributed by atoms with van der Waals surface area (Å²) in [6, 6.07) is 7.68. The van der Waals surface area contributed by atoms with Crippen molar-refractivity contribution in [2.24, 2.45) is 0 Å². The molecule has 1 aromatic carbocycles. The average Bonchev–Trinajstić information content (AvgIpc) is 3.07. The Morgan fingerprint density at radius 1 is 1.37 bits per heavy atom. The number of nitrogens with two attached hydrogens (primary N) is 1. The molecule has 0 bridgehead atoms. The van der Waals surface area contributed by atoms with Crippen LogP contribution < -0.4 is 16.4 Å². The van der Waals surface area contributed by atoms with Crippen molar-refractivity contribution < 1.29 is 4.74 Å². The number of aromatic amines is 1. The number of fused-ring (bicyclic) bond motifs is 1. The molecule has 4 rings (SSSR count). The number of para-hydroxylation sites is 1. The van der Waals surface area contributed by atoms with Gasteiger partial charge >= 0.3 is 0 Å². The lowest BCUT2D eigenvalue weighted by atomic mass is 9.81. The molecule has 3 unspecified atom stereocenters. The second kappa shape index (κ2) is 7.03. The van der Waals surface area contributed by atoms with Gasteiger partial charge in [0.05, 0.1) is 22.5 Å². The molecule has 1 aliphatic carbocycles. The lowest BCUT2D eigenvalue weighted by Crippen LogP contribution is -2.52. The minimum atomic E-state index is -0.568. The molecule has 0 amide bonds. The molecule has 0 saturated heterocycles. The van der Waals surface area contributed by atoms with Gasteiger partial charge in [-0.05, 0) is 31.1 Å². The minimum Gasteiger partial charge on any atom is -0.382 e. The van der Waals surface area contributed by atoms with Gasteiger partial charge < -0.3 is 15.8 Å². The topological polar surface area (TPSA) is 88.0 Å². The molecule has 2 aliphatic rings. The van der Waals surface area contributed by atoms with E-state index in [2.05, 4.69) is 46.0 Å². The molecule has 3 atom stereocenters. The van der Waals surface area contributed by atoms with E-state index in [-0.39, 0.29) is 12.0 Å². The molecule has 0 spiro atoms. The van der Waals surface area contributed by atoms with E-state index in [1.54, 1.807) is 7.11 Å². The maximum Gasteiger partial charge on any atom is 0.149 e. The third-order valence-electron chi connectivity index (χ3n) is 5.36. The number of hydrogen-bond acceptors (Lipinski definition) is 5. The van der Waals surface area contributed by atoms with E-state index in [0.717, 1.165) is 29.9 Å². The van der Waals surface area contributed by atoms with Crippen molar-refractivity contribution in [3.63, 3.8) is 0 Å². The lowest BCUT2D eigenvalue weighted by molar-refractivity contribution is 0.141. The number of nitrogen functional groups attached to an aromatic ring is 1. The highest BCUT2D eigenvalue weighted by Gasteiger charge is 2.40. The zero-order chi connectivity index (χ0) is 19.0. The molecular formula is C20H24ClN5O. The van der Waals surface area contributed by atoms with Crippen LogP contribution >= 0.6 is 11.6 Å². The number of anilines is 2. The molecule has 0 saturated carbocycles. The van der Waals surface area contributed by atoms with Crippen molar-refractivity contribution in [2.75, 3.05) is 24.7 Å². The van der Waals surface area contributed by atoms with Crippen LogP contribution in [-0.4, -0.2) is 30.0 Å². The highest BCUT2D eigenvalue weighted by molar-refractivity contribution is 6.33. The van der Waals surface area contributed by atoms with Crippen molar-refractivity contribution in [3.8, 4) is 0 Å². The molecular weight excluding hydrogens is 362 g/mol. The van der Waals surface area contributed by atoms with Crippen LogP contribution in [0.15, 0.2) is 48.1 Å². The predicted molar refractivity (Wildman–Crippen MR) is 109 cm³/mol. The van der Waals surface area contributed by atoms with Crippen molar-refractivity contribution in [1.29, 1.82) is 0 Å². The Morgan fingerprint density at radius 2 is 2.19 bits per heavy atom. The van der Waals surface area contributed by atoms with E-state index in [4.69, 9.17) is 22.1 Å². The monoisotopic (exact) mass is 385 g/mol. The number of nitrogens with zero attached hydrogens (tertiary/aromatic N) is 1. The fraction of sp³-hybridized carbons (Fsp3) is 0.350. The van der Waals surface area contributed by atoms with Crippen LogP contribution in [0.2, 0.25) is 5.02 Å². The van der Waals surface area contributed by atoms with Gasteiger partial charge in [-0.25, -0.2) is 0 Å². The lowest BCUT2D eigenvalue weighted by Gasteiger charge is -2.40. The summed E-state index contributed by atoms with van der Waals surface area (Å²) in [6.07, 6.45) is 7.46. The summed E-state index contributed by atoms with van der Waals surface area (Å²) < 4.78 is 5.52. The molecule has 0 fully saturated rings. The highest BCUT2D eigenvalue weighted by Crippen LogP contribution is 2.41. The van der Waals surface area contributed by atoms with Crippen molar-refractivity contribution >= 4 is 23.1 Å². The van der Waals surface area contributed by atoms with Gasteiger partial charge in [-0.15, -0.1) is 0 Å². The summed E-state index contributed by atoms with van der Waals surface area (Å²) in [6.45, 7) is 2.78. The number of H-pyrrole nitrogens is 1. The van der Waals surface area contributed by atoms with Gasteiger partial charge in [0.15, 0.2) is 0 Å². The molecule has 5 N–H and O–H groups in total. The highest BCUT2D eigenvalue weighted by atomic mass is 35.5. The summed E-state index contributed by atoms with van der Waals surface area (Å²) in [5.74, 6) is 0.631. The SMILES string of the molecule is COC1C=C(C2CNC(C)(Nc3ccccc3Cl)c3[nH]nc(N)c32)C=CC1. The number of allylic oxidation sites excluding steroid dienone is 1. The molecule has 1 aliphatic heterocycles. The van der Waals surface area contributed by atoms with Crippen LogP contribution in [0.1, 0.15) is 30.5 Å². The fourth-order valence-corrected chi connectivity index (χ4v) is 4.07. The van der Waals surface area contributed by atoms with Crippen LogP contribution in [-0.2, 0) is 10.4 Å². The van der Waals surface area contributed by atoms with Gasteiger partial charge in [0.25, 0.3) is 0 Å². The molecule has 2 heterocycles. The average molecular weight is 386 g/mol. The largest absolute Gasteiger partial charge is 0.382 e. The summed E-state index contributed by atoms with van der Waals surface area (Å²) >= 11 is 6.35.